The minimum absolute atomic E-state index is 0.0976. The van der Waals surface area contributed by atoms with Crippen molar-refractivity contribution >= 4 is 11.6 Å². The van der Waals surface area contributed by atoms with Crippen LogP contribution < -0.4 is 14.8 Å². The smallest absolute Gasteiger partial charge is 0.255 e. The Morgan fingerprint density at radius 2 is 1.78 bits per heavy atom. The molecular weight excluding hydrogens is 400 g/mol. The highest BCUT2D eigenvalue weighted by Gasteiger charge is 2.40. The zero-order valence-electron chi connectivity index (χ0n) is 19.0. The number of para-hydroxylation sites is 1. The van der Waals surface area contributed by atoms with Gasteiger partial charge in [-0.15, -0.1) is 0 Å². The number of nitrogens with one attached hydrogen (secondary N) is 1. The molecule has 32 heavy (non-hydrogen) atoms. The molecule has 1 amide bonds. The van der Waals surface area contributed by atoms with E-state index in [-0.39, 0.29) is 11.9 Å². The standard InChI is InChI=1S/C27H32N2O3/c1-31-23-14-13-18(17-24(23)32-2)25-20-10-7-9-19(20)21-11-8-12-22(26(21)28-25)27(30)29-15-5-3-4-6-16-29/h7-9,11-14,17,19-20,25,28H,3-6,10,15-16H2,1-2H3. The van der Waals surface area contributed by atoms with E-state index in [9.17, 15) is 4.79 Å². The van der Waals surface area contributed by atoms with Crippen LogP contribution in [0.4, 0.5) is 5.69 Å². The number of carbonyl (C=O) groups is 1. The van der Waals surface area contributed by atoms with E-state index in [4.69, 9.17) is 9.47 Å². The number of likely N-dealkylation sites (tertiary alicyclic amines) is 1. The summed E-state index contributed by atoms with van der Waals surface area (Å²) in [5.74, 6) is 2.33. The Hall–Kier alpha value is -2.95. The van der Waals surface area contributed by atoms with E-state index >= 15 is 0 Å². The molecule has 2 aliphatic heterocycles. The summed E-state index contributed by atoms with van der Waals surface area (Å²) in [5.41, 5.74) is 4.19. The largest absolute Gasteiger partial charge is 0.493 e. The minimum Gasteiger partial charge on any atom is -0.493 e. The molecule has 5 rings (SSSR count). The van der Waals surface area contributed by atoms with E-state index in [1.165, 1.54) is 18.4 Å². The van der Waals surface area contributed by atoms with Gasteiger partial charge < -0.3 is 19.7 Å². The highest BCUT2D eigenvalue weighted by atomic mass is 16.5. The number of benzene rings is 2. The van der Waals surface area contributed by atoms with Gasteiger partial charge in [0.2, 0.25) is 0 Å². The lowest BCUT2D eigenvalue weighted by Crippen LogP contribution is -2.35. The molecule has 1 fully saturated rings. The number of fused-ring (bicyclic) bond motifs is 3. The molecule has 1 N–H and O–H groups in total. The lowest BCUT2D eigenvalue weighted by atomic mass is 9.76. The molecule has 2 heterocycles. The fourth-order valence-electron chi connectivity index (χ4n) is 5.62. The minimum atomic E-state index is 0.0976. The van der Waals surface area contributed by atoms with Crippen LogP contribution in [0, 0.1) is 5.92 Å². The van der Waals surface area contributed by atoms with Crippen molar-refractivity contribution in [2.24, 2.45) is 5.92 Å². The lowest BCUT2D eigenvalue weighted by molar-refractivity contribution is 0.0762. The average Bonchev–Trinajstić information content (AvgIpc) is 3.17. The molecule has 5 heteroatoms. The summed E-state index contributed by atoms with van der Waals surface area (Å²) in [5, 5.41) is 3.79. The SMILES string of the molecule is COc1ccc(C2Nc3c(C(=O)N4CCCCCC4)cccc3C3C=CCC32)cc1OC. The number of nitrogens with zero attached hydrogens (tertiary/aromatic N) is 1. The monoisotopic (exact) mass is 432 g/mol. The van der Waals surface area contributed by atoms with Crippen molar-refractivity contribution in [3.63, 3.8) is 0 Å². The summed E-state index contributed by atoms with van der Waals surface area (Å²) in [7, 11) is 3.33. The van der Waals surface area contributed by atoms with Gasteiger partial charge in [-0.3, -0.25) is 4.79 Å². The highest BCUT2D eigenvalue weighted by molar-refractivity contribution is 6.01. The number of hydrogen-bond acceptors (Lipinski definition) is 4. The molecule has 3 atom stereocenters. The van der Waals surface area contributed by atoms with Crippen LogP contribution in [0.5, 0.6) is 11.5 Å². The Kier molecular flexibility index (Phi) is 5.81. The summed E-state index contributed by atoms with van der Waals surface area (Å²) in [4.78, 5) is 15.6. The first-order valence-corrected chi connectivity index (χ1v) is 11.8. The predicted molar refractivity (Wildman–Crippen MR) is 127 cm³/mol. The molecule has 168 valence electrons. The number of anilines is 1. The zero-order chi connectivity index (χ0) is 22.1. The van der Waals surface area contributed by atoms with Gasteiger partial charge in [0.25, 0.3) is 5.91 Å². The van der Waals surface area contributed by atoms with E-state index in [0.29, 0.717) is 11.8 Å². The molecule has 0 aromatic heterocycles. The van der Waals surface area contributed by atoms with Crippen molar-refractivity contribution in [2.75, 3.05) is 32.6 Å². The molecular formula is C27H32N2O3. The van der Waals surface area contributed by atoms with E-state index in [0.717, 1.165) is 60.7 Å². The quantitative estimate of drug-likeness (QED) is 0.644. The molecule has 2 aromatic rings. The van der Waals surface area contributed by atoms with Gasteiger partial charge in [0.15, 0.2) is 11.5 Å². The number of hydrogen-bond donors (Lipinski definition) is 1. The van der Waals surface area contributed by atoms with Crippen molar-refractivity contribution < 1.29 is 14.3 Å². The van der Waals surface area contributed by atoms with Gasteiger partial charge >= 0.3 is 0 Å². The number of rotatable bonds is 4. The van der Waals surface area contributed by atoms with Gasteiger partial charge in [0.1, 0.15) is 0 Å². The second-order valence-corrected chi connectivity index (χ2v) is 9.07. The van der Waals surface area contributed by atoms with Crippen LogP contribution in [0.25, 0.3) is 0 Å². The molecule has 3 unspecified atom stereocenters. The molecule has 0 bridgehead atoms. The van der Waals surface area contributed by atoms with Crippen LogP contribution in [0.2, 0.25) is 0 Å². The van der Waals surface area contributed by atoms with Crippen molar-refractivity contribution in [2.45, 2.75) is 44.1 Å². The maximum atomic E-state index is 13.6. The van der Waals surface area contributed by atoms with Gasteiger partial charge in [-0.25, -0.2) is 0 Å². The molecule has 1 saturated heterocycles. The van der Waals surface area contributed by atoms with Gasteiger partial charge in [-0.1, -0.05) is 43.2 Å². The first-order valence-electron chi connectivity index (χ1n) is 11.8. The average molecular weight is 433 g/mol. The first-order chi connectivity index (χ1) is 15.7. The van der Waals surface area contributed by atoms with Gasteiger partial charge in [0, 0.05) is 19.0 Å². The Morgan fingerprint density at radius 3 is 2.53 bits per heavy atom. The van der Waals surface area contributed by atoms with Gasteiger partial charge in [0.05, 0.1) is 31.5 Å². The molecule has 5 nitrogen and oxygen atoms in total. The Morgan fingerprint density at radius 1 is 1.00 bits per heavy atom. The number of ether oxygens (including phenoxy) is 2. The fourth-order valence-corrected chi connectivity index (χ4v) is 5.62. The number of allylic oxidation sites excluding steroid dienone is 2. The maximum Gasteiger partial charge on any atom is 0.255 e. The third-order valence-corrected chi connectivity index (χ3v) is 7.29. The normalized spacial score (nSPS) is 24.2. The number of carbonyl (C=O) groups excluding carboxylic acids is 1. The second-order valence-electron chi connectivity index (χ2n) is 9.07. The van der Waals surface area contributed by atoms with Gasteiger partial charge in [-0.05, 0) is 54.5 Å². The van der Waals surface area contributed by atoms with E-state index in [1.807, 2.05) is 23.1 Å². The van der Waals surface area contributed by atoms with Crippen LogP contribution in [0.3, 0.4) is 0 Å². The molecule has 0 spiro atoms. The summed E-state index contributed by atoms with van der Waals surface area (Å²) in [6.45, 7) is 1.71. The van der Waals surface area contributed by atoms with E-state index < -0.39 is 0 Å². The van der Waals surface area contributed by atoms with E-state index in [1.54, 1.807) is 14.2 Å². The molecule has 2 aromatic carbocycles. The number of amides is 1. The fraction of sp³-hybridized carbons (Fsp3) is 0.444. The Balaban J connectivity index is 1.53. The van der Waals surface area contributed by atoms with Crippen LogP contribution >= 0.6 is 0 Å². The van der Waals surface area contributed by atoms with Crippen molar-refractivity contribution in [3.05, 3.63) is 65.2 Å². The molecule has 0 radical (unpaired) electrons. The van der Waals surface area contributed by atoms with E-state index in [2.05, 4.69) is 35.7 Å². The predicted octanol–water partition coefficient (Wildman–Crippen LogP) is 5.55. The summed E-state index contributed by atoms with van der Waals surface area (Å²) >= 11 is 0. The second kappa shape index (κ2) is 8.89. The Bertz CT molecular complexity index is 1020. The topological polar surface area (TPSA) is 50.8 Å². The number of methoxy groups -OCH3 is 2. The summed E-state index contributed by atoms with van der Waals surface area (Å²) < 4.78 is 11.0. The first kappa shape index (κ1) is 20.9. The van der Waals surface area contributed by atoms with Crippen molar-refractivity contribution in [1.82, 2.24) is 4.90 Å². The van der Waals surface area contributed by atoms with Gasteiger partial charge in [-0.2, -0.15) is 0 Å². The highest BCUT2D eigenvalue weighted by Crippen LogP contribution is 2.51. The molecule has 0 saturated carbocycles. The van der Waals surface area contributed by atoms with Crippen LogP contribution in [0.1, 0.15) is 65.5 Å². The van der Waals surface area contributed by atoms with Crippen molar-refractivity contribution in [3.8, 4) is 11.5 Å². The third kappa shape index (κ3) is 3.64. The van der Waals surface area contributed by atoms with Crippen LogP contribution in [-0.2, 0) is 0 Å². The molecule has 3 aliphatic rings. The Labute approximate surface area is 190 Å². The lowest BCUT2D eigenvalue weighted by Gasteiger charge is -2.39. The van der Waals surface area contributed by atoms with Crippen LogP contribution in [-0.4, -0.2) is 38.1 Å². The van der Waals surface area contributed by atoms with Crippen molar-refractivity contribution in [1.29, 1.82) is 0 Å². The summed E-state index contributed by atoms with van der Waals surface area (Å²) in [6, 6.07) is 12.5. The molecule has 1 aliphatic carbocycles. The van der Waals surface area contributed by atoms with Crippen LogP contribution in [0.15, 0.2) is 48.6 Å². The maximum absolute atomic E-state index is 13.6. The summed E-state index contributed by atoms with van der Waals surface area (Å²) in [6.07, 6.45) is 10.2. The third-order valence-electron chi connectivity index (χ3n) is 7.29. The zero-order valence-corrected chi connectivity index (χ0v) is 19.0.